The van der Waals surface area contributed by atoms with Gasteiger partial charge in [-0.1, -0.05) is 12.1 Å². The van der Waals surface area contributed by atoms with Gasteiger partial charge in [-0.15, -0.1) is 0 Å². The van der Waals surface area contributed by atoms with Crippen molar-refractivity contribution in [3.63, 3.8) is 0 Å². The second-order valence-corrected chi connectivity index (χ2v) is 3.46. The summed E-state index contributed by atoms with van der Waals surface area (Å²) in [7, 11) is 1.58. The average Bonchev–Trinajstić information content (AvgIpc) is 2.30. The van der Waals surface area contributed by atoms with Crippen molar-refractivity contribution >= 4 is 5.97 Å². The number of hydrogen-bond acceptors (Lipinski definition) is 4. The van der Waals surface area contributed by atoms with Gasteiger partial charge >= 0.3 is 5.97 Å². The molecule has 0 aliphatic heterocycles. The Balaban J connectivity index is 2.73. The molecule has 0 aliphatic carbocycles. The third-order valence-electron chi connectivity index (χ3n) is 2.27. The fraction of sp³-hybridized carbons (Fsp3) is 0.417. The van der Waals surface area contributed by atoms with Gasteiger partial charge in [0, 0.05) is 12.8 Å². The normalized spacial score (nSPS) is 11.9. The number of esters is 1. The maximum absolute atomic E-state index is 10.7. The van der Waals surface area contributed by atoms with Gasteiger partial charge in [0.25, 0.3) is 0 Å². The quantitative estimate of drug-likeness (QED) is 0.767. The van der Waals surface area contributed by atoms with Gasteiger partial charge in [-0.2, -0.15) is 0 Å². The van der Waals surface area contributed by atoms with E-state index in [1.54, 1.807) is 7.11 Å². The van der Waals surface area contributed by atoms with Crippen LogP contribution in [0.5, 0.6) is 5.75 Å². The monoisotopic (exact) mass is 224 g/mol. The van der Waals surface area contributed by atoms with Gasteiger partial charge in [0.2, 0.25) is 0 Å². The van der Waals surface area contributed by atoms with Crippen LogP contribution in [0.15, 0.2) is 24.3 Å². The maximum Gasteiger partial charge on any atom is 0.302 e. The number of aliphatic hydroxyl groups excluding tert-OH is 1. The van der Waals surface area contributed by atoms with Crippen molar-refractivity contribution < 1.29 is 19.4 Å². The van der Waals surface area contributed by atoms with Crippen LogP contribution in [0.2, 0.25) is 0 Å². The smallest absolute Gasteiger partial charge is 0.302 e. The molecule has 0 heterocycles. The highest BCUT2D eigenvalue weighted by Crippen LogP contribution is 2.20. The molecule has 88 valence electrons. The summed E-state index contributed by atoms with van der Waals surface area (Å²) in [5.41, 5.74) is 0.892. The Kier molecular flexibility index (Phi) is 4.79. The SMILES string of the molecule is COc1cccc(C(CO)COC(C)=O)c1. The minimum Gasteiger partial charge on any atom is -0.497 e. The van der Waals surface area contributed by atoms with Crippen LogP contribution in [0, 0.1) is 0 Å². The molecule has 0 aromatic heterocycles. The van der Waals surface area contributed by atoms with Gasteiger partial charge in [-0.05, 0) is 17.7 Å². The van der Waals surface area contributed by atoms with E-state index < -0.39 is 0 Å². The van der Waals surface area contributed by atoms with Crippen LogP contribution in [0.3, 0.4) is 0 Å². The van der Waals surface area contributed by atoms with E-state index in [0.717, 1.165) is 11.3 Å². The van der Waals surface area contributed by atoms with E-state index in [4.69, 9.17) is 9.47 Å². The molecule has 4 nitrogen and oxygen atoms in total. The molecule has 0 radical (unpaired) electrons. The van der Waals surface area contributed by atoms with Crippen LogP contribution in [-0.4, -0.2) is 31.4 Å². The zero-order chi connectivity index (χ0) is 12.0. The Morgan fingerprint density at radius 3 is 2.81 bits per heavy atom. The van der Waals surface area contributed by atoms with E-state index in [1.807, 2.05) is 24.3 Å². The van der Waals surface area contributed by atoms with Gasteiger partial charge in [-0.25, -0.2) is 0 Å². The number of hydrogen-bond donors (Lipinski definition) is 1. The molecule has 0 saturated heterocycles. The number of aliphatic hydroxyl groups is 1. The van der Waals surface area contributed by atoms with Crippen molar-refractivity contribution in [2.45, 2.75) is 12.8 Å². The summed E-state index contributed by atoms with van der Waals surface area (Å²) in [6.45, 7) is 1.46. The third-order valence-corrected chi connectivity index (χ3v) is 2.27. The first-order chi connectivity index (χ1) is 7.67. The Labute approximate surface area is 94.8 Å². The second-order valence-electron chi connectivity index (χ2n) is 3.46. The highest BCUT2D eigenvalue weighted by molar-refractivity contribution is 5.65. The second kappa shape index (κ2) is 6.12. The summed E-state index contributed by atoms with van der Waals surface area (Å²) in [6.07, 6.45) is 0. The lowest BCUT2D eigenvalue weighted by atomic mass is 10.0. The fourth-order valence-electron chi connectivity index (χ4n) is 1.37. The molecule has 0 aliphatic rings. The van der Waals surface area contributed by atoms with E-state index in [9.17, 15) is 9.90 Å². The third kappa shape index (κ3) is 3.55. The lowest BCUT2D eigenvalue weighted by Gasteiger charge is -2.14. The van der Waals surface area contributed by atoms with Crippen molar-refractivity contribution in [3.8, 4) is 5.75 Å². The van der Waals surface area contributed by atoms with Crippen LogP contribution in [-0.2, 0) is 9.53 Å². The molecule has 0 spiro atoms. The molecule has 1 N–H and O–H groups in total. The minimum atomic E-state index is -0.346. The van der Waals surface area contributed by atoms with Crippen LogP contribution in [0.4, 0.5) is 0 Å². The van der Waals surface area contributed by atoms with Crippen LogP contribution >= 0.6 is 0 Å². The Hall–Kier alpha value is -1.55. The van der Waals surface area contributed by atoms with Gasteiger partial charge < -0.3 is 14.6 Å². The summed E-state index contributed by atoms with van der Waals surface area (Å²) in [4.78, 5) is 10.7. The predicted molar refractivity (Wildman–Crippen MR) is 59.5 cm³/mol. The van der Waals surface area contributed by atoms with Crippen LogP contribution < -0.4 is 4.74 Å². The molecule has 0 saturated carbocycles. The molecule has 1 rings (SSSR count). The summed E-state index contributed by atoms with van der Waals surface area (Å²) < 4.78 is 9.97. The van der Waals surface area contributed by atoms with Crippen molar-refractivity contribution in [1.82, 2.24) is 0 Å². The van der Waals surface area contributed by atoms with Crippen molar-refractivity contribution in [2.24, 2.45) is 0 Å². The van der Waals surface area contributed by atoms with Crippen LogP contribution in [0.1, 0.15) is 18.4 Å². The van der Waals surface area contributed by atoms with E-state index in [-0.39, 0.29) is 25.1 Å². The molecule has 1 aromatic rings. The van der Waals surface area contributed by atoms with Crippen molar-refractivity contribution in [1.29, 1.82) is 0 Å². The summed E-state index contributed by atoms with van der Waals surface area (Å²) in [6, 6.07) is 7.35. The van der Waals surface area contributed by atoms with E-state index >= 15 is 0 Å². The predicted octanol–water partition coefficient (Wildman–Crippen LogP) is 1.33. The van der Waals surface area contributed by atoms with Gasteiger partial charge in [0.05, 0.1) is 13.7 Å². The van der Waals surface area contributed by atoms with Gasteiger partial charge in [0.15, 0.2) is 0 Å². The molecule has 4 heteroatoms. The molecule has 0 amide bonds. The topological polar surface area (TPSA) is 55.8 Å². The zero-order valence-corrected chi connectivity index (χ0v) is 9.47. The summed E-state index contributed by atoms with van der Waals surface area (Å²) >= 11 is 0. The molecule has 1 aromatic carbocycles. The zero-order valence-electron chi connectivity index (χ0n) is 9.47. The van der Waals surface area contributed by atoms with E-state index in [1.165, 1.54) is 6.92 Å². The number of rotatable bonds is 5. The number of carbonyl (C=O) groups excluding carboxylic acids is 1. The molecule has 16 heavy (non-hydrogen) atoms. The summed E-state index contributed by atoms with van der Waals surface area (Å²) in [5, 5.41) is 9.22. The van der Waals surface area contributed by atoms with Crippen molar-refractivity contribution in [3.05, 3.63) is 29.8 Å². The first-order valence-corrected chi connectivity index (χ1v) is 5.05. The highest BCUT2D eigenvalue weighted by Gasteiger charge is 2.12. The maximum atomic E-state index is 10.7. The number of carbonyl (C=O) groups is 1. The largest absolute Gasteiger partial charge is 0.497 e. The lowest BCUT2D eigenvalue weighted by molar-refractivity contribution is -0.141. The highest BCUT2D eigenvalue weighted by atomic mass is 16.5. The molecule has 1 unspecified atom stereocenters. The lowest BCUT2D eigenvalue weighted by Crippen LogP contribution is -2.14. The van der Waals surface area contributed by atoms with Gasteiger partial charge in [-0.3, -0.25) is 4.79 Å². The van der Waals surface area contributed by atoms with Crippen molar-refractivity contribution in [2.75, 3.05) is 20.3 Å². The van der Waals surface area contributed by atoms with Gasteiger partial charge in [0.1, 0.15) is 12.4 Å². The fourth-order valence-corrected chi connectivity index (χ4v) is 1.37. The Morgan fingerprint density at radius 2 is 2.25 bits per heavy atom. The van der Waals surface area contributed by atoms with E-state index in [0.29, 0.717) is 0 Å². The first kappa shape index (κ1) is 12.5. The molecule has 1 atom stereocenters. The Morgan fingerprint density at radius 1 is 1.50 bits per heavy atom. The molecule has 0 fully saturated rings. The molecular formula is C12H16O4. The van der Waals surface area contributed by atoms with Crippen LogP contribution in [0.25, 0.3) is 0 Å². The number of ether oxygens (including phenoxy) is 2. The van der Waals surface area contributed by atoms with E-state index in [2.05, 4.69) is 0 Å². The summed E-state index contributed by atoms with van der Waals surface area (Å²) in [5.74, 6) is 0.166. The number of methoxy groups -OCH3 is 1. The molecular weight excluding hydrogens is 208 g/mol. The Bertz CT molecular complexity index is 349. The number of benzene rings is 1. The minimum absolute atomic E-state index is 0.0690. The standard InChI is InChI=1S/C12H16O4/c1-9(14)16-8-11(7-13)10-4-3-5-12(6-10)15-2/h3-6,11,13H,7-8H2,1-2H3. The average molecular weight is 224 g/mol. The first-order valence-electron chi connectivity index (χ1n) is 5.05. The molecule has 0 bridgehead atoms.